The molecule has 0 aliphatic carbocycles. The van der Waals surface area contributed by atoms with E-state index in [0.717, 1.165) is 11.3 Å². The van der Waals surface area contributed by atoms with Crippen molar-refractivity contribution in [1.29, 1.82) is 0 Å². The fraction of sp³-hybridized carbons (Fsp3) is 0.292. The van der Waals surface area contributed by atoms with Crippen molar-refractivity contribution in [2.24, 2.45) is 5.16 Å². The Balaban J connectivity index is 1.46. The zero-order valence-corrected chi connectivity index (χ0v) is 19.9. The van der Waals surface area contributed by atoms with Gasteiger partial charge in [-0.25, -0.2) is 4.39 Å². The van der Waals surface area contributed by atoms with E-state index in [1.807, 2.05) is 13.8 Å². The number of aryl methyl sites for hydroxylation is 1. The summed E-state index contributed by atoms with van der Waals surface area (Å²) in [5.41, 5.74) is 4.11. The number of benzene rings is 2. The van der Waals surface area contributed by atoms with E-state index >= 15 is 0 Å². The molecule has 34 heavy (non-hydrogen) atoms. The summed E-state index contributed by atoms with van der Waals surface area (Å²) in [6, 6.07) is 9.56. The molecule has 1 aliphatic rings. The highest BCUT2D eigenvalue weighted by Crippen LogP contribution is 2.35. The number of nitrogens with one attached hydrogen (secondary N) is 1. The molecule has 0 radical (unpaired) electrons. The summed E-state index contributed by atoms with van der Waals surface area (Å²) >= 11 is 6.26. The zero-order valence-electron chi connectivity index (χ0n) is 19.2. The highest BCUT2D eigenvalue weighted by Gasteiger charge is 2.32. The van der Waals surface area contributed by atoms with Crippen molar-refractivity contribution in [2.75, 3.05) is 19.5 Å². The molecule has 2 heterocycles. The Bertz CT molecular complexity index is 1260. The molecule has 0 bridgehead atoms. The number of rotatable bonds is 7. The summed E-state index contributed by atoms with van der Waals surface area (Å²) in [5, 5.41) is 11.9. The summed E-state index contributed by atoms with van der Waals surface area (Å²) in [6.45, 7) is 4.13. The van der Waals surface area contributed by atoms with Gasteiger partial charge in [0.2, 0.25) is 6.10 Å². The molecule has 0 saturated carbocycles. The van der Waals surface area contributed by atoms with E-state index in [-0.39, 0.29) is 18.1 Å². The van der Waals surface area contributed by atoms with Gasteiger partial charge in [0.25, 0.3) is 5.91 Å². The van der Waals surface area contributed by atoms with Crippen molar-refractivity contribution >= 4 is 28.9 Å². The number of nitrogens with zero attached hydrogens (tertiary/aromatic N) is 3. The van der Waals surface area contributed by atoms with Gasteiger partial charge in [-0.1, -0.05) is 28.9 Å². The van der Waals surface area contributed by atoms with Crippen LogP contribution in [-0.2, 0) is 16.2 Å². The van der Waals surface area contributed by atoms with Gasteiger partial charge < -0.3 is 19.6 Å². The molecule has 4 rings (SSSR count). The molecule has 0 unspecified atom stereocenters. The van der Waals surface area contributed by atoms with Crippen LogP contribution in [0.5, 0.6) is 11.5 Å². The van der Waals surface area contributed by atoms with Crippen molar-refractivity contribution in [1.82, 2.24) is 9.78 Å². The fourth-order valence-corrected chi connectivity index (χ4v) is 4.00. The second-order valence-corrected chi connectivity index (χ2v) is 8.25. The van der Waals surface area contributed by atoms with Gasteiger partial charge in [-0.2, -0.15) is 5.10 Å². The van der Waals surface area contributed by atoms with Gasteiger partial charge in [-0.15, -0.1) is 0 Å². The van der Waals surface area contributed by atoms with Crippen molar-refractivity contribution in [3.05, 3.63) is 69.8 Å². The number of aromatic nitrogens is 2. The van der Waals surface area contributed by atoms with Gasteiger partial charge >= 0.3 is 0 Å². The van der Waals surface area contributed by atoms with Crippen molar-refractivity contribution in [3.8, 4) is 11.5 Å². The average Bonchev–Trinajstić information content (AvgIpc) is 3.41. The number of hydrogen-bond donors (Lipinski definition) is 1. The lowest BCUT2D eigenvalue weighted by Gasteiger charge is -2.12. The van der Waals surface area contributed by atoms with Crippen molar-refractivity contribution in [2.45, 2.75) is 32.9 Å². The number of carbonyl (C=O) groups excluding carboxylic acids is 1. The van der Waals surface area contributed by atoms with E-state index in [0.29, 0.717) is 45.7 Å². The van der Waals surface area contributed by atoms with E-state index in [1.165, 1.54) is 26.4 Å². The zero-order chi connectivity index (χ0) is 24.4. The van der Waals surface area contributed by atoms with Gasteiger partial charge in [0.15, 0.2) is 0 Å². The minimum absolute atomic E-state index is 0.243. The molecule has 0 spiro atoms. The second-order valence-electron chi connectivity index (χ2n) is 7.84. The number of methoxy groups -OCH3 is 2. The van der Waals surface area contributed by atoms with E-state index in [4.69, 9.17) is 25.9 Å². The summed E-state index contributed by atoms with van der Waals surface area (Å²) in [5.74, 6) is 0.348. The molecule has 2 aromatic carbocycles. The van der Waals surface area contributed by atoms with Crippen LogP contribution in [0.1, 0.15) is 28.9 Å². The van der Waals surface area contributed by atoms with Crippen LogP contribution in [0.25, 0.3) is 0 Å². The molecule has 10 heteroatoms. The predicted molar refractivity (Wildman–Crippen MR) is 126 cm³/mol. The average molecular weight is 487 g/mol. The molecule has 0 saturated heterocycles. The largest absolute Gasteiger partial charge is 0.496 e. The van der Waals surface area contributed by atoms with Crippen LogP contribution in [0.3, 0.4) is 0 Å². The first-order valence-electron chi connectivity index (χ1n) is 10.5. The summed E-state index contributed by atoms with van der Waals surface area (Å²) in [7, 11) is 3.05. The monoisotopic (exact) mass is 486 g/mol. The fourth-order valence-electron chi connectivity index (χ4n) is 3.76. The molecule has 3 aromatic rings. The Hall–Kier alpha value is -3.59. The number of oxime groups is 1. The molecular weight excluding hydrogens is 463 g/mol. The molecular formula is C24H24ClFN4O4. The highest BCUT2D eigenvalue weighted by molar-refractivity contribution is 6.32. The van der Waals surface area contributed by atoms with Crippen molar-refractivity contribution < 1.29 is 23.5 Å². The molecule has 1 N–H and O–H groups in total. The van der Waals surface area contributed by atoms with Crippen LogP contribution in [0.4, 0.5) is 10.1 Å². The molecule has 8 nitrogen and oxygen atoms in total. The minimum atomic E-state index is -0.820. The van der Waals surface area contributed by atoms with E-state index in [9.17, 15) is 9.18 Å². The normalized spacial score (nSPS) is 15.0. The van der Waals surface area contributed by atoms with Gasteiger partial charge in [0.05, 0.1) is 48.6 Å². The lowest BCUT2D eigenvalue weighted by molar-refractivity contribution is -0.125. The molecule has 1 amide bonds. The lowest BCUT2D eigenvalue weighted by Crippen LogP contribution is -2.28. The van der Waals surface area contributed by atoms with E-state index in [1.54, 1.807) is 28.9 Å². The van der Waals surface area contributed by atoms with Gasteiger partial charge in [0.1, 0.15) is 17.3 Å². The standard InChI is InChI=1S/C24H24ClFN4O4/c1-13-23(14(2)30(28-13)12-15-5-7-16(26)8-6-15)27-24(31)22-10-19(29-34-22)17-9-18(25)21(33-4)11-20(17)32-3/h5-9,11,22H,10,12H2,1-4H3,(H,27,31)/t22-/m0/s1. The quantitative estimate of drug-likeness (QED) is 0.531. The SMILES string of the molecule is COc1cc(OC)c(C2=NO[C@H](C(=O)Nc3c(C)nn(Cc4ccc(F)cc4)c3C)C2)cc1Cl. The number of hydrogen-bond acceptors (Lipinski definition) is 6. The maximum atomic E-state index is 13.2. The number of halogens is 2. The Morgan fingerprint density at radius 2 is 1.91 bits per heavy atom. The Kier molecular flexibility index (Phi) is 6.74. The molecule has 0 fully saturated rings. The first-order chi connectivity index (χ1) is 16.3. The first-order valence-corrected chi connectivity index (χ1v) is 10.9. The Labute approximate surface area is 201 Å². The third kappa shape index (κ3) is 4.70. The third-order valence-corrected chi connectivity index (χ3v) is 5.92. The smallest absolute Gasteiger partial charge is 0.268 e. The topological polar surface area (TPSA) is 87.0 Å². The third-order valence-electron chi connectivity index (χ3n) is 5.62. The molecule has 178 valence electrons. The molecule has 1 atom stereocenters. The highest BCUT2D eigenvalue weighted by atomic mass is 35.5. The summed E-state index contributed by atoms with van der Waals surface area (Å²) in [6.07, 6.45) is -0.577. The van der Waals surface area contributed by atoms with Gasteiger partial charge in [0, 0.05) is 18.1 Å². The Morgan fingerprint density at radius 3 is 2.59 bits per heavy atom. The number of anilines is 1. The maximum absolute atomic E-state index is 13.2. The van der Waals surface area contributed by atoms with Crippen LogP contribution >= 0.6 is 11.6 Å². The minimum Gasteiger partial charge on any atom is -0.496 e. The van der Waals surface area contributed by atoms with Crippen LogP contribution < -0.4 is 14.8 Å². The summed E-state index contributed by atoms with van der Waals surface area (Å²) < 4.78 is 25.6. The van der Waals surface area contributed by atoms with Crippen LogP contribution in [-0.4, -0.2) is 41.7 Å². The van der Waals surface area contributed by atoms with E-state index in [2.05, 4.69) is 15.6 Å². The maximum Gasteiger partial charge on any atom is 0.268 e. The van der Waals surface area contributed by atoms with E-state index < -0.39 is 6.10 Å². The number of carbonyl (C=O) groups is 1. The first kappa shape index (κ1) is 23.6. The van der Waals surface area contributed by atoms with Gasteiger partial charge in [-0.05, 0) is 37.6 Å². The van der Waals surface area contributed by atoms with Crippen LogP contribution in [0.15, 0.2) is 41.6 Å². The number of ether oxygens (including phenoxy) is 2. The van der Waals surface area contributed by atoms with Crippen molar-refractivity contribution in [3.63, 3.8) is 0 Å². The van der Waals surface area contributed by atoms with Crippen LogP contribution in [0.2, 0.25) is 5.02 Å². The molecule has 1 aromatic heterocycles. The number of amides is 1. The van der Waals surface area contributed by atoms with Gasteiger partial charge in [-0.3, -0.25) is 9.48 Å². The summed E-state index contributed by atoms with van der Waals surface area (Å²) in [4.78, 5) is 18.4. The second kappa shape index (κ2) is 9.72. The predicted octanol–water partition coefficient (Wildman–Crippen LogP) is 4.49. The molecule has 1 aliphatic heterocycles. The van der Waals surface area contributed by atoms with Crippen LogP contribution in [0, 0.1) is 19.7 Å². The lowest BCUT2D eigenvalue weighted by atomic mass is 10.0. The Morgan fingerprint density at radius 1 is 1.21 bits per heavy atom.